The van der Waals surface area contributed by atoms with E-state index in [1.165, 1.54) is 12.8 Å². The second-order valence-corrected chi connectivity index (χ2v) is 5.64. The Bertz CT molecular complexity index is 419. The van der Waals surface area contributed by atoms with Crippen molar-refractivity contribution in [1.82, 2.24) is 4.90 Å². The summed E-state index contributed by atoms with van der Waals surface area (Å²) in [7, 11) is 1.77. The summed E-state index contributed by atoms with van der Waals surface area (Å²) in [5, 5.41) is 7.87. The zero-order chi connectivity index (χ0) is 14.4. The highest BCUT2D eigenvalue weighted by Gasteiger charge is 2.24. The smallest absolute Gasteiger partial charge is 0.0995 e. The van der Waals surface area contributed by atoms with Crippen molar-refractivity contribution in [1.29, 1.82) is 5.41 Å². The van der Waals surface area contributed by atoms with Crippen LogP contribution in [0.4, 0.5) is 0 Å². The van der Waals surface area contributed by atoms with Gasteiger partial charge in [0.25, 0.3) is 0 Å². The van der Waals surface area contributed by atoms with Gasteiger partial charge >= 0.3 is 0 Å². The van der Waals surface area contributed by atoms with Gasteiger partial charge in [0.15, 0.2) is 0 Å². The van der Waals surface area contributed by atoms with Crippen molar-refractivity contribution in [3.63, 3.8) is 0 Å². The predicted octanol–water partition coefficient (Wildman–Crippen LogP) is 2.06. The van der Waals surface area contributed by atoms with Gasteiger partial charge in [0, 0.05) is 20.2 Å². The third kappa shape index (κ3) is 4.05. The molecule has 1 fully saturated rings. The number of nitrogens with two attached hydrogens (primary N) is 1. The molecule has 20 heavy (non-hydrogen) atoms. The number of likely N-dealkylation sites (tertiary alicyclic amines) is 1. The van der Waals surface area contributed by atoms with Crippen molar-refractivity contribution < 1.29 is 4.74 Å². The molecule has 1 aliphatic heterocycles. The van der Waals surface area contributed by atoms with Crippen LogP contribution < -0.4 is 5.73 Å². The SMILES string of the molecule is COCC1CCCN(CC(C(=N)N)c2ccccc2)C1. The second-order valence-electron chi connectivity index (χ2n) is 5.64. The van der Waals surface area contributed by atoms with Crippen LogP contribution in [0.25, 0.3) is 0 Å². The Morgan fingerprint density at radius 1 is 1.45 bits per heavy atom. The first-order chi connectivity index (χ1) is 9.70. The van der Waals surface area contributed by atoms with Gasteiger partial charge < -0.3 is 15.4 Å². The van der Waals surface area contributed by atoms with E-state index in [1.807, 2.05) is 18.2 Å². The number of methoxy groups -OCH3 is 1. The van der Waals surface area contributed by atoms with E-state index in [9.17, 15) is 0 Å². The molecule has 110 valence electrons. The topological polar surface area (TPSA) is 62.3 Å². The zero-order valence-corrected chi connectivity index (χ0v) is 12.2. The molecule has 1 saturated heterocycles. The summed E-state index contributed by atoms with van der Waals surface area (Å²) < 4.78 is 5.27. The molecule has 3 N–H and O–H groups in total. The largest absolute Gasteiger partial charge is 0.387 e. The maximum atomic E-state index is 7.87. The maximum absolute atomic E-state index is 7.87. The quantitative estimate of drug-likeness (QED) is 0.617. The van der Waals surface area contributed by atoms with E-state index < -0.39 is 0 Å². The molecular weight excluding hydrogens is 250 g/mol. The zero-order valence-electron chi connectivity index (χ0n) is 12.2. The van der Waals surface area contributed by atoms with Crippen LogP contribution in [0.15, 0.2) is 30.3 Å². The monoisotopic (exact) mass is 275 g/mol. The molecule has 1 aromatic rings. The molecule has 1 aliphatic rings. The van der Waals surface area contributed by atoms with Crippen LogP contribution in [0.5, 0.6) is 0 Å². The number of nitrogens with zero attached hydrogens (tertiary/aromatic N) is 1. The Morgan fingerprint density at radius 2 is 2.20 bits per heavy atom. The summed E-state index contributed by atoms with van der Waals surface area (Å²) in [5.41, 5.74) is 6.94. The maximum Gasteiger partial charge on any atom is 0.0995 e. The van der Waals surface area contributed by atoms with Crippen LogP contribution in [0.2, 0.25) is 0 Å². The highest BCUT2D eigenvalue weighted by atomic mass is 16.5. The van der Waals surface area contributed by atoms with E-state index in [-0.39, 0.29) is 11.8 Å². The summed E-state index contributed by atoms with van der Waals surface area (Å²) in [6, 6.07) is 10.1. The fourth-order valence-corrected chi connectivity index (χ4v) is 3.02. The lowest BCUT2D eigenvalue weighted by Crippen LogP contribution is -2.41. The van der Waals surface area contributed by atoms with E-state index in [2.05, 4.69) is 17.0 Å². The van der Waals surface area contributed by atoms with Crippen LogP contribution in [-0.4, -0.2) is 44.1 Å². The number of amidine groups is 1. The van der Waals surface area contributed by atoms with Gasteiger partial charge in [-0.3, -0.25) is 5.41 Å². The van der Waals surface area contributed by atoms with Crippen molar-refractivity contribution in [2.75, 3.05) is 33.4 Å². The molecule has 0 bridgehead atoms. The number of ether oxygens (including phenoxy) is 1. The first-order valence-electron chi connectivity index (χ1n) is 7.31. The average molecular weight is 275 g/mol. The number of rotatable bonds is 6. The van der Waals surface area contributed by atoms with E-state index >= 15 is 0 Å². The van der Waals surface area contributed by atoms with E-state index in [1.54, 1.807) is 7.11 Å². The van der Waals surface area contributed by atoms with Gasteiger partial charge in [0.1, 0.15) is 0 Å². The molecule has 2 rings (SSSR count). The summed E-state index contributed by atoms with van der Waals surface area (Å²) in [6.45, 7) is 3.80. The minimum Gasteiger partial charge on any atom is -0.387 e. The lowest BCUT2D eigenvalue weighted by atomic mass is 9.94. The minimum absolute atomic E-state index is 0.00232. The molecule has 4 nitrogen and oxygen atoms in total. The molecule has 1 heterocycles. The summed E-state index contributed by atoms with van der Waals surface area (Å²) >= 11 is 0. The Balaban J connectivity index is 2.00. The summed E-state index contributed by atoms with van der Waals surface area (Å²) in [5.74, 6) is 0.861. The average Bonchev–Trinajstić information content (AvgIpc) is 2.46. The van der Waals surface area contributed by atoms with E-state index in [0.29, 0.717) is 5.92 Å². The normalized spacial score (nSPS) is 21.6. The third-order valence-electron chi connectivity index (χ3n) is 4.02. The molecule has 0 spiro atoms. The van der Waals surface area contributed by atoms with Crippen LogP contribution >= 0.6 is 0 Å². The number of benzene rings is 1. The summed E-state index contributed by atoms with van der Waals surface area (Å²) in [4.78, 5) is 2.42. The van der Waals surface area contributed by atoms with Gasteiger partial charge in [-0.05, 0) is 30.9 Å². The predicted molar refractivity (Wildman–Crippen MR) is 82.1 cm³/mol. The van der Waals surface area contributed by atoms with Crippen molar-refractivity contribution in [2.24, 2.45) is 11.7 Å². The Morgan fingerprint density at radius 3 is 2.85 bits per heavy atom. The second kappa shape index (κ2) is 7.41. The van der Waals surface area contributed by atoms with Crippen LogP contribution in [-0.2, 0) is 4.74 Å². The van der Waals surface area contributed by atoms with Crippen molar-refractivity contribution >= 4 is 5.84 Å². The van der Waals surface area contributed by atoms with E-state index in [0.717, 1.165) is 31.8 Å². The van der Waals surface area contributed by atoms with Gasteiger partial charge in [-0.15, -0.1) is 0 Å². The molecule has 1 aromatic carbocycles. The van der Waals surface area contributed by atoms with Gasteiger partial charge in [0.2, 0.25) is 0 Å². The van der Waals surface area contributed by atoms with Crippen LogP contribution in [0.1, 0.15) is 24.3 Å². The third-order valence-corrected chi connectivity index (χ3v) is 4.02. The molecule has 0 amide bonds. The first-order valence-corrected chi connectivity index (χ1v) is 7.31. The highest BCUT2D eigenvalue weighted by Crippen LogP contribution is 2.22. The van der Waals surface area contributed by atoms with Crippen LogP contribution in [0, 0.1) is 11.3 Å². The Labute approximate surface area is 121 Å². The lowest BCUT2D eigenvalue weighted by molar-refractivity contribution is 0.0901. The highest BCUT2D eigenvalue weighted by molar-refractivity contribution is 5.84. The number of hydrogen-bond donors (Lipinski definition) is 2. The van der Waals surface area contributed by atoms with Crippen molar-refractivity contribution in [2.45, 2.75) is 18.8 Å². The molecular formula is C16H25N3O. The number of nitrogens with one attached hydrogen (secondary N) is 1. The molecule has 2 atom stereocenters. The Kier molecular flexibility index (Phi) is 5.56. The molecule has 2 unspecified atom stereocenters. The van der Waals surface area contributed by atoms with Gasteiger partial charge in [-0.2, -0.15) is 0 Å². The fourth-order valence-electron chi connectivity index (χ4n) is 3.02. The fraction of sp³-hybridized carbons (Fsp3) is 0.562. The van der Waals surface area contributed by atoms with Crippen molar-refractivity contribution in [3.8, 4) is 0 Å². The molecule has 0 aromatic heterocycles. The molecule has 4 heteroatoms. The first kappa shape index (κ1) is 15.0. The summed E-state index contributed by atoms with van der Waals surface area (Å²) in [6.07, 6.45) is 2.44. The molecule has 0 aliphatic carbocycles. The van der Waals surface area contributed by atoms with Gasteiger partial charge in [-0.1, -0.05) is 30.3 Å². The van der Waals surface area contributed by atoms with Crippen LogP contribution in [0.3, 0.4) is 0 Å². The molecule has 0 saturated carbocycles. The Hall–Kier alpha value is -1.39. The van der Waals surface area contributed by atoms with E-state index in [4.69, 9.17) is 15.9 Å². The van der Waals surface area contributed by atoms with Crippen molar-refractivity contribution in [3.05, 3.63) is 35.9 Å². The standard InChI is InChI=1S/C16H25N3O/c1-20-12-13-6-5-9-19(10-13)11-15(16(17)18)14-7-3-2-4-8-14/h2-4,7-8,13,15H,5-6,9-12H2,1H3,(H3,17,18). The van der Waals surface area contributed by atoms with Gasteiger partial charge in [-0.25, -0.2) is 0 Å². The molecule has 0 radical (unpaired) electrons. The lowest BCUT2D eigenvalue weighted by Gasteiger charge is -2.34. The number of piperidine rings is 1. The minimum atomic E-state index is -0.00232. The number of hydrogen-bond acceptors (Lipinski definition) is 3. The van der Waals surface area contributed by atoms with Gasteiger partial charge in [0.05, 0.1) is 18.4 Å².